The first-order valence-corrected chi connectivity index (χ1v) is 9.21. The number of benzene rings is 1. The van der Waals surface area contributed by atoms with E-state index in [4.69, 9.17) is 4.42 Å². The van der Waals surface area contributed by atoms with Crippen molar-refractivity contribution in [3.05, 3.63) is 36.2 Å². The van der Waals surface area contributed by atoms with Gasteiger partial charge in [-0.1, -0.05) is 24.6 Å². The van der Waals surface area contributed by atoms with Gasteiger partial charge in [-0.15, -0.1) is 10.2 Å². The van der Waals surface area contributed by atoms with Crippen LogP contribution in [0.25, 0.3) is 11.5 Å². The van der Waals surface area contributed by atoms with Crippen LogP contribution in [0.3, 0.4) is 0 Å². The molecule has 0 radical (unpaired) electrons. The monoisotopic (exact) mass is 340 g/mol. The first kappa shape index (κ1) is 16.3. The minimum absolute atomic E-state index is 0.0804. The average molecular weight is 340 g/mol. The molecule has 2 atom stereocenters. The van der Waals surface area contributed by atoms with Gasteiger partial charge in [0.15, 0.2) is 0 Å². The molecule has 0 aliphatic carbocycles. The maximum atomic E-state index is 12.3. The number of hydrogen-bond acceptors (Lipinski definition) is 5. The van der Waals surface area contributed by atoms with Crippen LogP contribution in [0.15, 0.2) is 34.7 Å². The van der Waals surface area contributed by atoms with Crippen molar-refractivity contribution < 1.29 is 9.21 Å². The van der Waals surface area contributed by atoms with Crippen LogP contribution >= 0.6 is 0 Å². The lowest BCUT2D eigenvalue weighted by Gasteiger charge is -2.32. The Morgan fingerprint density at radius 1 is 1.16 bits per heavy atom. The lowest BCUT2D eigenvalue weighted by Crippen LogP contribution is -2.46. The summed E-state index contributed by atoms with van der Waals surface area (Å²) in [4.78, 5) is 14.8. The summed E-state index contributed by atoms with van der Waals surface area (Å²) in [5, 5.41) is 11.3. The van der Waals surface area contributed by atoms with E-state index in [1.807, 2.05) is 30.3 Å². The molecular weight excluding hydrogens is 316 g/mol. The number of amides is 1. The van der Waals surface area contributed by atoms with E-state index >= 15 is 0 Å². The number of fused-ring (bicyclic) bond motifs is 1. The first-order valence-electron chi connectivity index (χ1n) is 9.21. The number of nitrogens with zero attached hydrogens (tertiary/aromatic N) is 3. The molecule has 1 aromatic heterocycles. The third-order valence-electron chi connectivity index (χ3n) is 5.26. The minimum Gasteiger partial charge on any atom is -0.421 e. The highest BCUT2D eigenvalue weighted by molar-refractivity contribution is 5.76. The number of aromatic nitrogens is 2. The van der Waals surface area contributed by atoms with E-state index in [9.17, 15) is 4.79 Å². The second-order valence-electron chi connectivity index (χ2n) is 6.93. The Labute approximate surface area is 147 Å². The Bertz CT molecular complexity index is 715. The SMILES string of the molecule is O=C(CCc1nnc(-c2ccccc2)o1)NC1CCN2CCCCC12. The van der Waals surface area contributed by atoms with E-state index in [-0.39, 0.29) is 5.91 Å². The van der Waals surface area contributed by atoms with E-state index in [1.165, 1.54) is 25.8 Å². The summed E-state index contributed by atoms with van der Waals surface area (Å²) in [6.45, 7) is 2.29. The van der Waals surface area contributed by atoms with Crippen LogP contribution in [0.4, 0.5) is 0 Å². The fourth-order valence-corrected chi connectivity index (χ4v) is 3.97. The Morgan fingerprint density at radius 2 is 2.04 bits per heavy atom. The van der Waals surface area contributed by atoms with E-state index in [2.05, 4.69) is 20.4 Å². The molecule has 4 rings (SSSR count). The van der Waals surface area contributed by atoms with Crippen molar-refractivity contribution >= 4 is 5.91 Å². The van der Waals surface area contributed by atoms with Gasteiger partial charge >= 0.3 is 0 Å². The summed E-state index contributed by atoms with van der Waals surface area (Å²) in [5.74, 6) is 1.10. The quantitative estimate of drug-likeness (QED) is 0.905. The predicted molar refractivity (Wildman–Crippen MR) is 93.8 cm³/mol. The number of piperidine rings is 1. The fourth-order valence-electron chi connectivity index (χ4n) is 3.97. The van der Waals surface area contributed by atoms with Crippen molar-refractivity contribution in [2.24, 2.45) is 0 Å². The smallest absolute Gasteiger partial charge is 0.247 e. The predicted octanol–water partition coefficient (Wildman–Crippen LogP) is 2.41. The first-order chi connectivity index (χ1) is 12.3. The van der Waals surface area contributed by atoms with Crippen molar-refractivity contribution in [3.8, 4) is 11.5 Å². The number of aryl methyl sites for hydroxylation is 1. The highest BCUT2D eigenvalue weighted by Gasteiger charge is 2.36. The average Bonchev–Trinajstić information content (AvgIpc) is 3.28. The molecule has 1 N–H and O–H groups in total. The van der Waals surface area contributed by atoms with Crippen molar-refractivity contribution in [1.29, 1.82) is 0 Å². The molecule has 2 aliphatic rings. The Hall–Kier alpha value is -2.21. The second-order valence-corrected chi connectivity index (χ2v) is 6.93. The normalized spacial score (nSPS) is 23.4. The molecule has 0 saturated carbocycles. The highest BCUT2D eigenvalue weighted by Crippen LogP contribution is 2.27. The number of nitrogens with one attached hydrogen (secondary N) is 1. The molecule has 25 heavy (non-hydrogen) atoms. The zero-order valence-corrected chi connectivity index (χ0v) is 14.4. The van der Waals surface area contributed by atoms with Crippen LogP contribution in [0.1, 0.15) is 38.0 Å². The molecule has 2 unspecified atom stereocenters. The van der Waals surface area contributed by atoms with Gasteiger partial charge in [0, 0.05) is 37.0 Å². The Kier molecular flexibility index (Phi) is 4.78. The highest BCUT2D eigenvalue weighted by atomic mass is 16.4. The van der Waals surface area contributed by atoms with Crippen molar-refractivity contribution in [3.63, 3.8) is 0 Å². The van der Waals surface area contributed by atoms with Gasteiger partial charge in [0.1, 0.15) is 0 Å². The molecule has 132 valence electrons. The van der Waals surface area contributed by atoms with E-state index in [1.54, 1.807) is 0 Å². The number of carbonyl (C=O) groups is 1. The van der Waals surface area contributed by atoms with Crippen molar-refractivity contribution in [2.75, 3.05) is 13.1 Å². The maximum absolute atomic E-state index is 12.3. The van der Waals surface area contributed by atoms with Crippen LogP contribution in [-0.2, 0) is 11.2 Å². The lowest BCUT2D eigenvalue weighted by atomic mass is 9.99. The Balaban J connectivity index is 1.28. The number of carbonyl (C=O) groups excluding carboxylic acids is 1. The van der Waals surface area contributed by atoms with Gasteiger partial charge in [-0.2, -0.15) is 0 Å². The number of hydrogen-bond donors (Lipinski definition) is 1. The molecular formula is C19H24N4O2. The van der Waals surface area contributed by atoms with Crippen molar-refractivity contribution in [1.82, 2.24) is 20.4 Å². The second kappa shape index (κ2) is 7.35. The number of rotatable bonds is 5. The van der Waals surface area contributed by atoms with Gasteiger partial charge in [-0.25, -0.2) is 0 Å². The zero-order valence-electron chi connectivity index (χ0n) is 14.4. The fraction of sp³-hybridized carbons (Fsp3) is 0.526. The summed E-state index contributed by atoms with van der Waals surface area (Å²) in [7, 11) is 0. The van der Waals surface area contributed by atoms with Gasteiger partial charge in [0.05, 0.1) is 0 Å². The van der Waals surface area contributed by atoms with Crippen molar-refractivity contribution in [2.45, 2.75) is 50.6 Å². The van der Waals surface area contributed by atoms with E-state index < -0.39 is 0 Å². The molecule has 1 aromatic carbocycles. The zero-order chi connectivity index (χ0) is 17.1. The van der Waals surface area contributed by atoms with Gasteiger partial charge in [-0.05, 0) is 37.9 Å². The minimum atomic E-state index is 0.0804. The molecule has 6 nitrogen and oxygen atoms in total. The summed E-state index contributed by atoms with van der Waals surface area (Å²) in [5.41, 5.74) is 0.897. The lowest BCUT2D eigenvalue weighted by molar-refractivity contribution is -0.122. The van der Waals surface area contributed by atoms with Gasteiger partial charge < -0.3 is 9.73 Å². The van der Waals surface area contributed by atoms with Gasteiger partial charge in [0.2, 0.25) is 17.7 Å². The molecule has 2 saturated heterocycles. The standard InChI is InChI=1S/C19H24N4O2/c24-17(20-15-11-13-23-12-5-4-8-16(15)23)9-10-18-21-22-19(25-18)14-6-2-1-3-7-14/h1-3,6-7,15-16H,4-5,8-13H2,(H,20,24). The third kappa shape index (κ3) is 3.74. The van der Waals surface area contributed by atoms with Crippen LogP contribution in [-0.4, -0.2) is 46.2 Å². The summed E-state index contributed by atoms with van der Waals surface area (Å²) >= 11 is 0. The summed E-state index contributed by atoms with van der Waals surface area (Å²) in [6.07, 6.45) is 5.70. The topological polar surface area (TPSA) is 71.3 Å². The molecule has 6 heteroatoms. The van der Waals surface area contributed by atoms with E-state index in [0.717, 1.165) is 18.5 Å². The molecule has 2 aliphatic heterocycles. The molecule has 3 heterocycles. The van der Waals surface area contributed by atoms with Gasteiger partial charge in [0.25, 0.3) is 0 Å². The third-order valence-corrected chi connectivity index (χ3v) is 5.26. The maximum Gasteiger partial charge on any atom is 0.247 e. The largest absolute Gasteiger partial charge is 0.421 e. The molecule has 0 bridgehead atoms. The van der Waals surface area contributed by atoms with E-state index in [0.29, 0.717) is 36.7 Å². The summed E-state index contributed by atoms with van der Waals surface area (Å²) < 4.78 is 5.67. The molecule has 2 aromatic rings. The Morgan fingerprint density at radius 3 is 2.92 bits per heavy atom. The van der Waals surface area contributed by atoms with Crippen LogP contribution < -0.4 is 5.32 Å². The van der Waals surface area contributed by atoms with Crippen LogP contribution in [0.2, 0.25) is 0 Å². The van der Waals surface area contributed by atoms with Crippen LogP contribution in [0.5, 0.6) is 0 Å². The molecule has 0 spiro atoms. The van der Waals surface area contributed by atoms with Crippen LogP contribution in [0, 0.1) is 0 Å². The molecule has 2 fully saturated rings. The summed E-state index contributed by atoms with van der Waals surface area (Å²) in [6, 6.07) is 10.5. The van der Waals surface area contributed by atoms with Gasteiger partial charge in [-0.3, -0.25) is 9.69 Å². The molecule has 1 amide bonds.